The summed E-state index contributed by atoms with van der Waals surface area (Å²) in [6.07, 6.45) is 16.0. The lowest BCUT2D eigenvalue weighted by Gasteiger charge is -2.00. The fraction of sp³-hybridized carbons (Fsp3) is 0.947. The van der Waals surface area contributed by atoms with Gasteiger partial charge in [0.1, 0.15) is 0 Å². The molecule has 0 saturated heterocycles. The van der Waals surface area contributed by atoms with Crippen molar-refractivity contribution in [2.24, 2.45) is 0 Å². The molecular weight excluding hydrogens is 276 g/mol. The van der Waals surface area contributed by atoms with Crippen LogP contribution >= 0.6 is 0 Å². The van der Waals surface area contributed by atoms with Crippen molar-refractivity contribution in [3.8, 4) is 0 Å². The predicted octanol–water partition coefficient (Wildman–Crippen LogP) is 5.94. The maximum atomic E-state index is 10.2. The minimum atomic E-state index is -0.659. The van der Waals surface area contributed by atoms with E-state index in [4.69, 9.17) is 10.2 Å². The highest BCUT2D eigenvalue weighted by molar-refractivity contribution is 5.66. The van der Waals surface area contributed by atoms with Gasteiger partial charge in [0.2, 0.25) is 0 Å². The fourth-order valence-corrected chi connectivity index (χ4v) is 2.28. The van der Waals surface area contributed by atoms with Gasteiger partial charge >= 0.3 is 5.97 Å². The molecule has 0 bridgehead atoms. The van der Waals surface area contributed by atoms with Crippen molar-refractivity contribution in [1.29, 1.82) is 0 Å². The first-order valence-corrected chi connectivity index (χ1v) is 9.44. The van der Waals surface area contributed by atoms with Crippen molar-refractivity contribution in [2.45, 2.75) is 117 Å². The van der Waals surface area contributed by atoms with Gasteiger partial charge in [-0.2, -0.15) is 0 Å². The molecule has 0 aromatic heterocycles. The summed E-state index contributed by atoms with van der Waals surface area (Å²) in [4.78, 5) is 10.2. The highest BCUT2D eigenvalue weighted by Crippen LogP contribution is 2.10. The minimum Gasteiger partial charge on any atom is -0.481 e. The first kappa shape index (κ1) is 23.7. The topological polar surface area (TPSA) is 57.5 Å². The van der Waals surface area contributed by atoms with Crippen LogP contribution in [0.2, 0.25) is 0 Å². The summed E-state index contributed by atoms with van der Waals surface area (Å²) in [6, 6.07) is 0. The molecule has 0 heterocycles. The van der Waals surface area contributed by atoms with Gasteiger partial charge in [-0.05, 0) is 19.8 Å². The largest absolute Gasteiger partial charge is 0.481 e. The zero-order chi connectivity index (χ0) is 17.1. The van der Waals surface area contributed by atoms with E-state index in [1.54, 1.807) is 0 Å². The van der Waals surface area contributed by atoms with Crippen LogP contribution in [-0.2, 0) is 4.79 Å². The summed E-state index contributed by atoms with van der Waals surface area (Å²) in [5.74, 6) is -0.659. The molecule has 0 fully saturated rings. The maximum Gasteiger partial charge on any atom is 0.303 e. The quantitative estimate of drug-likeness (QED) is 0.390. The maximum absolute atomic E-state index is 10.2. The van der Waals surface area contributed by atoms with Crippen molar-refractivity contribution < 1.29 is 15.0 Å². The number of rotatable bonds is 14. The molecule has 134 valence electrons. The molecule has 1 atom stereocenters. The van der Waals surface area contributed by atoms with Crippen LogP contribution in [-0.4, -0.2) is 22.3 Å². The zero-order valence-corrected chi connectivity index (χ0v) is 15.3. The van der Waals surface area contributed by atoms with Crippen LogP contribution in [0, 0.1) is 0 Å². The van der Waals surface area contributed by atoms with E-state index in [1.165, 1.54) is 64.2 Å². The highest BCUT2D eigenvalue weighted by Gasteiger charge is 1.96. The molecule has 3 heteroatoms. The van der Waals surface area contributed by atoms with Gasteiger partial charge in [-0.1, -0.05) is 84.5 Å². The Kier molecular flexibility index (Phi) is 22.0. The molecule has 2 N–H and O–H groups in total. The Labute approximate surface area is 138 Å². The van der Waals surface area contributed by atoms with Gasteiger partial charge in [-0.25, -0.2) is 0 Å². The number of unbranched alkanes of at least 4 members (excludes halogenated alkanes) is 10. The second kappa shape index (κ2) is 20.4. The van der Waals surface area contributed by atoms with E-state index in [0.717, 1.165) is 19.3 Å². The Balaban J connectivity index is 0. The van der Waals surface area contributed by atoms with E-state index in [2.05, 4.69) is 13.8 Å². The van der Waals surface area contributed by atoms with Gasteiger partial charge in [-0.15, -0.1) is 0 Å². The molecule has 3 nitrogen and oxygen atoms in total. The van der Waals surface area contributed by atoms with Gasteiger partial charge in [0.15, 0.2) is 0 Å². The summed E-state index contributed by atoms with van der Waals surface area (Å²) < 4.78 is 0. The van der Waals surface area contributed by atoms with Gasteiger partial charge in [0.25, 0.3) is 0 Å². The van der Waals surface area contributed by atoms with E-state index in [1.807, 2.05) is 6.92 Å². The second-order valence-corrected chi connectivity index (χ2v) is 6.32. The van der Waals surface area contributed by atoms with Crippen molar-refractivity contribution in [3.05, 3.63) is 0 Å². The molecular formula is C19H40O3. The average Bonchev–Trinajstić information content (AvgIpc) is 2.46. The van der Waals surface area contributed by atoms with Crippen LogP contribution in [0.15, 0.2) is 0 Å². The number of carboxylic acids is 1. The van der Waals surface area contributed by atoms with E-state index >= 15 is 0 Å². The Bertz CT molecular complexity index is 215. The molecule has 1 unspecified atom stereocenters. The summed E-state index contributed by atoms with van der Waals surface area (Å²) in [5.41, 5.74) is 0. The first-order valence-electron chi connectivity index (χ1n) is 9.44. The molecule has 0 aliphatic heterocycles. The number of carbonyl (C=O) groups is 1. The second-order valence-electron chi connectivity index (χ2n) is 6.32. The third-order valence-electron chi connectivity index (χ3n) is 3.72. The van der Waals surface area contributed by atoms with Crippen LogP contribution in [0.1, 0.15) is 111 Å². The van der Waals surface area contributed by atoms with Crippen LogP contribution in [0.25, 0.3) is 0 Å². The summed E-state index contributed by atoms with van der Waals surface area (Å²) >= 11 is 0. The monoisotopic (exact) mass is 316 g/mol. The Morgan fingerprint density at radius 3 is 1.59 bits per heavy atom. The summed E-state index contributed by atoms with van der Waals surface area (Å²) in [7, 11) is 0. The third-order valence-corrected chi connectivity index (χ3v) is 3.72. The highest BCUT2D eigenvalue weighted by atomic mass is 16.4. The van der Waals surface area contributed by atoms with Gasteiger partial charge < -0.3 is 10.2 Å². The molecule has 0 aromatic rings. The normalized spacial score (nSPS) is 11.6. The first-order chi connectivity index (χ1) is 10.5. The Morgan fingerprint density at radius 2 is 1.18 bits per heavy atom. The fourth-order valence-electron chi connectivity index (χ4n) is 2.28. The van der Waals surface area contributed by atoms with E-state index < -0.39 is 5.97 Å². The van der Waals surface area contributed by atoms with E-state index in [-0.39, 0.29) is 6.10 Å². The molecule has 0 rings (SSSR count). The average molecular weight is 317 g/mol. The van der Waals surface area contributed by atoms with Crippen molar-refractivity contribution in [2.75, 3.05) is 0 Å². The molecule has 0 aliphatic rings. The summed E-state index contributed by atoms with van der Waals surface area (Å²) in [6.45, 7) is 6.24. The van der Waals surface area contributed by atoms with E-state index in [9.17, 15) is 4.79 Å². The number of hydrogen-bond donors (Lipinski definition) is 2. The molecule has 22 heavy (non-hydrogen) atoms. The van der Waals surface area contributed by atoms with Gasteiger partial charge in [0, 0.05) is 6.42 Å². The smallest absolute Gasteiger partial charge is 0.303 e. The molecule has 0 saturated carbocycles. The van der Waals surface area contributed by atoms with Crippen LogP contribution in [0.4, 0.5) is 0 Å². The molecule has 0 spiro atoms. The molecule has 0 aromatic carbocycles. The minimum absolute atomic E-state index is 0.0958. The zero-order valence-electron chi connectivity index (χ0n) is 15.3. The number of hydrogen-bond acceptors (Lipinski definition) is 2. The number of aliphatic carboxylic acids is 1. The summed E-state index contributed by atoms with van der Waals surface area (Å²) in [5, 5.41) is 17.2. The number of carboxylic acid groups (broad SMARTS) is 1. The SMILES string of the molecule is CCCCCC(C)O.CCCCCCCCCCCC(=O)O. The Morgan fingerprint density at radius 1 is 0.773 bits per heavy atom. The lowest BCUT2D eigenvalue weighted by molar-refractivity contribution is -0.137. The lowest BCUT2D eigenvalue weighted by atomic mass is 10.1. The molecule has 0 aliphatic carbocycles. The van der Waals surface area contributed by atoms with Crippen molar-refractivity contribution >= 4 is 5.97 Å². The van der Waals surface area contributed by atoms with Gasteiger partial charge in [-0.3, -0.25) is 4.79 Å². The lowest BCUT2D eigenvalue weighted by Crippen LogP contribution is -1.97. The van der Waals surface area contributed by atoms with Crippen molar-refractivity contribution in [1.82, 2.24) is 0 Å². The van der Waals surface area contributed by atoms with E-state index in [0.29, 0.717) is 6.42 Å². The molecule has 0 amide bonds. The standard InChI is InChI=1S/C12H24O2.C7H16O/c1-2-3-4-5-6-7-8-9-10-11-12(13)14;1-3-4-5-6-7(2)8/h2-11H2,1H3,(H,13,14);7-8H,3-6H2,1-2H3. The van der Waals surface area contributed by atoms with Gasteiger partial charge in [0.05, 0.1) is 6.10 Å². The van der Waals surface area contributed by atoms with Crippen LogP contribution < -0.4 is 0 Å². The van der Waals surface area contributed by atoms with Crippen molar-refractivity contribution in [3.63, 3.8) is 0 Å². The number of aliphatic hydroxyl groups is 1. The Hall–Kier alpha value is -0.570. The predicted molar refractivity (Wildman–Crippen MR) is 95.3 cm³/mol. The molecule has 0 radical (unpaired) electrons. The van der Waals surface area contributed by atoms with Crippen LogP contribution in [0.5, 0.6) is 0 Å². The third kappa shape index (κ3) is 27.7. The van der Waals surface area contributed by atoms with Crippen LogP contribution in [0.3, 0.4) is 0 Å². The number of aliphatic hydroxyl groups excluding tert-OH is 1.